The zero-order valence-electron chi connectivity index (χ0n) is 2.34. The van der Waals surface area contributed by atoms with Crippen LogP contribution < -0.4 is 0 Å². The highest BCUT2D eigenvalue weighted by atomic mass is 33.7. The van der Waals surface area contributed by atoms with Crippen molar-refractivity contribution in [1.29, 1.82) is 0 Å². The van der Waals surface area contributed by atoms with E-state index in [2.05, 4.69) is 0 Å². The molecule has 0 nitrogen and oxygen atoms in total. The Hall–Kier alpha value is 1.40. The van der Waals surface area contributed by atoms with Crippen molar-refractivity contribution in [3.8, 4) is 0 Å². The standard InChI is InChI=1S/CH2S4.CH4/c1-2-4-5-3-1;/h1H2;1H4. The molecule has 0 N–H and O–H groups in total. The van der Waals surface area contributed by atoms with E-state index in [1.165, 1.54) is 5.08 Å². The molecule has 0 bridgehead atoms. The molecule has 0 aliphatic carbocycles. The second kappa shape index (κ2) is 4.56. The van der Waals surface area contributed by atoms with Crippen LogP contribution in [0.1, 0.15) is 7.43 Å². The van der Waals surface area contributed by atoms with Crippen molar-refractivity contribution in [2.45, 2.75) is 7.43 Å². The predicted molar refractivity (Wildman–Crippen MR) is 42.0 cm³/mol. The summed E-state index contributed by atoms with van der Waals surface area (Å²) in [7, 11) is 7.57. The molecule has 1 aliphatic heterocycles. The Balaban J connectivity index is 0.000000250. The second-order valence-electron chi connectivity index (χ2n) is 0.490. The van der Waals surface area contributed by atoms with E-state index in [0.29, 0.717) is 0 Å². The van der Waals surface area contributed by atoms with Crippen molar-refractivity contribution in [2.24, 2.45) is 0 Å². The SMILES string of the molecule is C.C1SSSS1. The zero-order valence-corrected chi connectivity index (χ0v) is 5.61. The minimum Gasteiger partial charge on any atom is -0.0776 e. The molecule has 1 saturated heterocycles. The lowest BCUT2D eigenvalue weighted by atomic mass is 11.9. The average molecular weight is 158 g/mol. The Labute approximate surface area is 53.8 Å². The molecule has 1 rings (SSSR count). The molecular weight excluding hydrogens is 152 g/mol. The molecule has 38 valence electrons. The maximum atomic E-state index is 1.92. The van der Waals surface area contributed by atoms with E-state index in [9.17, 15) is 0 Å². The number of hydrogen-bond acceptors (Lipinski definition) is 4. The smallest absolute Gasteiger partial charge is 0.0616 e. The molecule has 0 amide bonds. The maximum Gasteiger partial charge on any atom is 0.0616 e. The van der Waals surface area contributed by atoms with E-state index in [1.54, 1.807) is 0 Å². The molecule has 1 aliphatic rings. The van der Waals surface area contributed by atoms with Gasteiger partial charge in [0.15, 0.2) is 0 Å². The Morgan fingerprint density at radius 2 is 1.50 bits per heavy atom. The molecule has 0 aromatic carbocycles. The van der Waals surface area contributed by atoms with Crippen molar-refractivity contribution in [3.63, 3.8) is 0 Å². The van der Waals surface area contributed by atoms with E-state index in [0.717, 1.165) is 0 Å². The van der Waals surface area contributed by atoms with Gasteiger partial charge in [-0.25, -0.2) is 0 Å². The van der Waals surface area contributed by atoms with E-state index in [-0.39, 0.29) is 7.43 Å². The van der Waals surface area contributed by atoms with Crippen molar-refractivity contribution in [2.75, 3.05) is 5.08 Å². The monoisotopic (exact) mass is 158 g/mol. The molecule has 0 saturated carbocycles. The predicted octanol–water partition coefficient (Wildman–Crippen LogP) is 3.27. The third kappa shape index (κ3) is 2.55. The number of hydrogen-bond donors (Lipinski definition) is 0. The third-order valence-corrected chi connectivity index (χ3v) is 7.45. The minimum atomic E-state index is 0. The lowest BCUT2D eigenvalue weighted by Gasteiger charge is -1.65. The first-order valence-electron chi connectivity index (χ1n) is 1.08. The molecule has 0 aromatic rings. The Morgan fingerprint density at radius 3 is 1.67 bits per heavy atom. The van der Waals surface area contributed by atoms with Gasteiger partial charge in [0.25, 0.3) is 0 Å². The van der Waals surface area contributed by atoms with Gasteiger partial charge < -0.3 is 0 Å². The first-order chi connectivity index (χ1) is 2.50. The fourth-order valence-corrected chi connectivity index (χ4v) is 7.95. The van der Waals surface area contributed by atoms with Crippen LogP contribution in [0.2, 0.25) is 0 Å². The van der Waals surface area contributed by atoms with Crippen molar-refractivity contribution >= 4 is 41.2 Å². The molecule has 1 fully saturated rings. The van der Waals surface area contributed by atoms with Crippen LogP contribution in [0.25, 0.3) is 0 Å². The molecule has 0 unspecified atom stereocenters. The van der Waals surface area contributed by atoms with Gasteiger partial charge in [0, 0.05) is 0 Å². The summed E-state index contributed by atoms with van der Waals surface area (Å²) in [6.45, 7) is 0. The average Bonchev–Trinajstić information content (AvgIpc) is 1.76. The van der Waals surface area contributed by atoms with E-state index in [4.69, 9.17) is 0 Å². The van der Waals surface area contributed by atoms with Crippen molar-refractivity contribution in [1.82, 2.24) is 0 Å². The third-order valence-electron chi connectivity index (χ3n) is 0.220. The van der Waals surface area contributed by atoms with Crippen LogP contribution in [-0.2, 0) is 0 Å². The van der Waals surface area contributed by atoms with Crippen LogP contribution in [0.3, 0.4) is 0 Å². The van der Waals surface area contributed by atoms with Crippen LogP contribution in [0, 0.1) is 0 Å². The zero-order chi connectivity index (χ0) is 3.54. The normalized spacial score (nSPS) is 20.0. The van der Waals surface area contributed by atoms with Gasteiger partial charge in [0.05, 0.1) is 5.08 Å². The Morgan fingerprint density at radius 1 is 1.00 bits per heavy atom. The van der Waals surface area contributed by atoms with Gasteiger partial charge >= 0.3 is 0 Å². The lowest BCUT2D eigenvalue weighted by Crippen LogP contribution is -1.38. The van der Waals surface area contributed by atoms with E-state index >= 15 is 0 Å². The first-order valence-corrected chi connectivity index (χ1v) is 6.23. The Kier molecular flexibility index (Phi) is 5.62. The first kappa shape index (κ1) is 7.40. The van der Waals surface area contributed by atoms with E-state index in [1.807, 2.05) is 41.2 Å². The summed E-state index contributed by atoms with van der Waals surface area (Å²) in [6, 6.07) is 0. The Bertz CT molecular complexity index is 17.1. The summed E-state index contributed by atoms with van der Waals surface area (Å²) in [5.41, 5.74) is 0. The summed E-state index contributed by atoms with van der Waals surface area (Å²) >= 11 is 0. The molecule has 0 atom stereocenters. The van der Waals surface area contributed by atoms with Gasteiger partial charge in [-0.2, -0.15) is 0 Å². The van der Waals surface area contributed by atoms with Gasteiger partial charge in [-0.1, -0.05) is 29.0 Å². The lowest BCUT2D eigenvalue weighted by molar-refractivity contribution is 2.36. The fourth-order valence-electron chi connectivity index (χ4n) is 0.0982. The van der Waals surface area contributed by atoms with Crippen LogP contribution >= 0.6 is 41.2 Å². The molecule has 1 heterocycles. The molecule has 0 radical (unpaired) electrons. The van der Waals surface area contributed by atoms with Crippen LogP contribution in [0.15, 0.2) is 0 Å². The topological polar surface area (TPSA) is 0 Å². The highest BCUT2D eigenvalue weighted by Gasteiger charge is 1.98. The van der Waals surface area contributed by atoms with Crippen LogP contribution in [-0.4, -0.2) is 5.08 Å². The van der Waals surface area contributed by atoms with Gasteiger partial charge in [0.1, 0.15) is 0 Å². The molecule has 0 aromatic heterocycles. The summed E-state index contributed by atoms with van der Waals surface area (Å²) in [5, 5.41) is 1.26. The highest BCUT2D eigenvalue weighted by molar-refractivity contribution is 9.30. The second-order valence-corrected chi connectivity index (χ2v) is 6.86. The van der Waals surface area contributed by atoms with E-state index < -0.39 is 0 Å². The summed E-state index contributed by atoms with van der Waals surface area (Å²) < 4.78 is 0. The molecule has 6 heavy (non-hydrogen) atoms. The van der Waals surface area contributed by atoms with Gasteiger partial charge in [0.2, 0.25) is 0 Å². The fraction of sp³-hybridized carbons (Fsp3) is 1.00. The van der Waals surface area contributed by atoms with Gasteiger partial charge in [-0.05, 0) is 19.7 Å². The molecular formula is C2H6S4. The summed E-state index contributed by atoms with van der Waals surface area (Å²) in [5.74, 6) is 0. The largest absolute Gasteiger partial charge is 0.0776 e. The maximum absolute atomic E-state index is 1.92. The highest BCUT2D eigenvalue weighted by Crippen LogP contribution is 2.53. The summed E-state index contributed by atoms with van der Waals surface area (Å²) in [4.78, 5) is 0. The van der Waals surface area contributed by atoms with Crippen molar-refractivity contribution in [3.05, 3.63) is 0 Å². The quantitative estimate of drug-likeness (QED) is 0.496. The minimum absolute atomic E-state index is 0. The van der Waals surface area contributed by atoms with Gasteiger partial charge in [-0.15, -0.1) is 0 Å². The van der Waals surface area contributed by atoms with Crippen LogP contribution in [0.4, 0.5) is 0 Å². The summed E-state index contributed by atoms with van der Waals surface area (Å²) in [6.07, 6.45) is 0. The van der Waals surface area contributed by atoms with Crippen molar-refractivity contribution < 1.29 is 0 Å². The molecule has 4 heteroatoms. The molecule has 0 spiro atoms. The van der Waals surface area contributed by atoms with Crippen LogP contribution in [0.5, 0.6) is 0 Å². The van der Waals surface area contributed by atoms with Gasteiger partial charge in [-0.3, -0.25) is 0 Å². The number of rotatable bonds is 0.